The van der Waals surface area contributed by atoms with Gasteiger partial charge in [-0.1, -0.05) is 11.3 Å². The van der Waals surface area contributed by atoms with Crippen LogP contribution in [0.3, 0.4) is 0 Å². The summed E-state index contributed by atoms with van der Waals surface area (Å²) in [6.45, 7) is 0.311. The first-order chi connectivity index (χ1) is 6.16. The van der Waals surface area contributed by atoms with Crippen LogP contribution in [0.25, 0.3) is 12.3 Å². The zero-order valence-electron chi connectivity index (χ0n) is 6.83. The molecule has 1 unspecified atom stereocenters. The Morgan fingerprint density at radius 2 is 2.43 bits per heavy atom. The van der Waals surface area contributed by atoms with Gasteiger partial charge in [-0.25, -0.2) is 9.88 Å². The molecule has 1 aromatic heterocycles. The van der Waals surface area contributed by atoms with E-state index in [1.165, 1.54) is 6.20 Å². The van der Waals surface area contributed by atoms with Gasteiger partial charge in [0.1, 0.15) is 17.3 Å². The summed E-state index contributed by atoms with van der Waals surface area (Å²) in [6, 6.07) is 0. The largest absolute Gasteiger partial charge is 1.00 e. The third kappa shape index (κ3) is 1.92. The molecule has 0 spiro atoms. The number of hydrogen-bond donors (Lipinski definition) is 2. The molecule has 1 aromatic rings. The lowest BCUT2D eigenvalue weighted by atomic mass is 10.4. The maximum absolute atomic E-state index is 12.6. The molecular weight excluding hydrogens is 231 g/mol. The van der Waals surface area contributed by atoms with Crippen LogP contribution in [0.15, 0.2) is 0 Å². The molecular formula is C7H6ClFN2O2S. The van der Waals surface area contributed by atoms with Crippen molar-refractivity contribution < 1.29 is 31.6 Å². The van der Waals surface area contributed by atoms with Gasteiger partial charge in [0.25, 0.3) is 5.26 Å². The van der Waals surface area contributed by atoms with Gasteiger partial charge in [-0.2, -0.15) is 9.18 Å². The predicted molar refractivity (Wildman–Crippen MR) is 44.1 cm³/mol. The molecule has 1 aliphatic heterocycles. The average Bonchev–Trinajstić information content (AvgIpc) is 2.42. The smallest absolute Gasteiger partial charge is 0.516 e. The summed E-state index contributed by atoms with van der Waals surface area (Å²) in [7, 11) is 0. The molecule has 0 saturated heterocycles. The van der Waals surface area contributed by atoms with Crippen LogP contribution in [-0.4, -0.2) is 22.7 Å². The summed E-state index contributed by atoms with van der Waals surface area (Å²) in [5.74, 6) is 0. The van der Waals surface area contributed by atoms with E-state index in [0.717, 1.165) is 11.3 Å². The molecule has 2 N–H and O–H groups in total. The molecule has 1 atom stereocenters. The Morgan fingerprint density at radius 3 is 3.07 bits per heavy atom. The van der Waals surface area contributed by atoms with Gasteiger partial charge in [-0.05, 0) is 6.08 Å². The third-order valence-corrected chi connectivity index (χ3v) is 2.56. The Morgan fingerprint density at radius 1 is 1.71 bits per heavy atom. The van der Waals surface area contributed by atoms with Gasteiger partial charge in [0.2, 0.25) is 0 Å². The Labute approximate surface area is 88.4 Å². The molecule has 2 heterocycles. The highest BCUT2D eigenvalue weighted by atomic mass is 35.5. The summed E-state index contributed by atoms with van der Waals surface area (Å²) in [5.41, 5.74) is 0. The number of hydrogen-bond acceptors (Lipinski definition) is 3. The van der Waals surface area contributed by atoms with Gasteiger partial charge in [-0.3, -0.25) is 0 Å². The first kappa shape index (κ1) is 11.1. The minimum Gasteiger partial charge on any atom is -1.00 e. The van der Waals surface area contributed by atoms with Crippen LogP contribution in [0.1, 0.15) is 0 Å². The van der Waals surface area contributed by atoms with Gasteiger partial charge in [0.15, 0.2) is 0 Å². The van der Waals surface area contributed by atoms with E-state index in [1.807, 2.05) is 0 Å². The number of aromatic nitrogens is 1. The Balaban J connectivity index is 0.000000980. The number of quaternary nitrogens is 1. The van der Waals surface area contributed by atoms with E-state index in [9.17, 15) is 9.18 Å². The first-order valence-corrected chi connectivity index (χ1v) is 4.42. The summed E-state index contributed by atoms with van der Waals surface area (Å²) in [4.78, 5) is 14.5. The quantitative estimate of drug-likeness (QED) is 0.477. The highest BCUT2D eigenvalue weighted by molar-refractivity contribution is 7.07. The summed E-state index contributed by atoms with van der Waals surface area (Å²) in [6.07, 6.45) is 2.13. The number of nitrogens with zero attached hydrogens (tertiary/aromatic N) is 1. The number of halogens is 2. The SMILES string of the molecule is O=C(O)[NH+]1C=c2sc(F)nc2=CC1.[Cl-]. The zero-order valence-corrected chi connectivity index (χ0v) is 8.40. The molecule has 0 fully saturated rings. The van der Waals surface area contributed by atoms with Crippen molar-refractivity contribution in [2.75, 3.05) is 6.54 Å². The van der Waals surface area contributed by atoms with Gasteiger partial charge < -0.3 is 17.5 Å². The van der Waals surface area contributed by atoms with E-state index in [-0.39, 0.29) is 17.3 Å². The Kier molecular flexibility index (Phi) is 3.20. The summed E-state index contributed by atoms with van der Waals surface area (Å²) in [5, 5.41) is 8.70. The minimum atomic E-state index is -0.962. The number of thiazole rings is 1. The van der Waals surface area contributed by atoms with E-state index in [2.05, 4.69) is 4.98 Å². The van der Waals surface area contributed by atoms with Crippen LogP contribution < -0.4 is 27.2 Å². The van der Waals surface area contributed by atoms with E-state index in [1.54, 1.807) is 6.08 Å². The van der Waals surface area contributed by atoms with Crippen LogP contribution in [0, 0.1) is 5.26 Å². The lowest BCUT2D eigenvalue weighted by Gasteiger charge is -2.05. The maximum Gasteiger partial charge on any atom is 0.516 e. The average molecular weight is 237 g/mol. The molecule has 4 nitrogen and oxygen atoms in total. The Bertz CT molecular complexity index is 473. The van der Waals surface area contributed by atoms with Crippen molar-refractivity contribution in [1.82, 2.24) is 4.98 Å². The van der Waals surface area contributed by atoms with E-state index < -0.39 is 11.4 Å². The van der Waals surface area contributed by atoms with Crippen LogP contribution >= 0.6 is 11.3 Å². The fraction of sp³-hybridized carbons (Fsp3) is 0.143. The standard InChI is InChI=1S/C7H5FN2O2S.ClH/c8-6-9-4-1-2-10(7(11)12)3-5(4)13-6;/h1,3H,2H2,(H,11,12);1H. The molecule has 0 aromatic carbocycles. The van der Waals surface area contributed by atoms with Crippen molar-refractivity contribution in [3.05, 3.63) is 15.1 Å². The summed E-state index contributed by atoms with van der Waals surface area (Å²) >= 11 is 0.863. The van der Waals surface area contributed by atoms with Crippen molar-refractivity contribution in [3.8, 4) is 0 Å². The summed E-state index contributed by atoms with van der Waals surface area (Å²) < 4.78 is 13.2. The lowest BCUT2D eigenvalue weighted by molar-refractivity contribution is -0.725. The molecule has 0 bridgehead atoms. The monoisotopic (exact) mass is 236 g/mol. The normalized spacial score (nSPS) is 18.5. The number of nitrogens with one attached hydrogen (secondary N) is 1. The van der Waals surface area contributed by atoms with Crippen LogP contribution in [-0.2, 0) is 0 Å². The van der Waals surface area contributed by atoms with E-state index >= 15 is 0 Å². The second-order valence-electron chi connectivity index (χ2n) is 2.60. The lowest BCUT2D eigenvalue weighted by Crippen LogP contribution is -3.10. The highest BCUT2D eigenvalue weighted by Gasteiger charge is 2.17. The predicted octanol–water partition coefficient (Wildman–Crippen LogP) is -4.62. The number of carboxylic acid groups (broad SMARTS) is 1. The fourth-order valence-corrected chi connectivity index (χ4v) is 1.90. The van der Waals surface area contributed by atoms with Crippen LogP contribution in [0.5, 0.6) is 0 Å². The number of fused-ring (bicyclic) bond motifs is 1. The molecule has 1 aliphatic rings. The van der Waals surface area contributed by atoms with Crippen molar-refractivity contribution in [1.29, 1.82) is 0 Å². The molecule has 0 aliphatic carbocycles. The van der Waals surface area contributed by atoms with Gasteiger partial charge in [-0.15, -0.1) is 0 Å². The molecule has 14 heavy (non-hydrogen) atoms. The molecule has 1 amide bonds. The van der Waals surface area contributed by atoms with E-state index in [0.29, 0.717) is 16.4 Å². The van der Waals surface area contributed by atoms with Crippen molar-refractivity contribution >= 4 is 29.7 Å². The molecule has 7 heteroatoms. The van der Waals surface area contributed by atoms with Crippen molar-refractivity contribution in [3.63, 3.8) is 0 Å². The first-order valence-electron chi connectivity index (χ1n) is 3.60. The van der Waals surface area contributed by atoms with E-state index in [4.69, 9.17) is 5.11 Å². The minimum absolute atomic E-state index is 0. The molecule has 2 rings (SSSR count). The zero-order chi connectivity index (χ0) is 9.42. The topological polar surface area (TPSA) is 54.6 Å². The highest BCUT2D eigenvalue weighted by Crippen LogP contribution is 1.89. The van der Waals surface area contributed by atoms with Crippen molar-refractivity contribution in [2.24, 2.45) is 0 Å². The van der Waals surface area contributed by atoms with Crippen molar-refractivity contribution in [2.45, 2.75) is 0 Å². The second kappa shape index (κ2) is 4.04. The Hall–Kier alpha value is -0.980. The van der Waals surface area contributed by atoms with Gasteiger partial charge in [0, 0.05) is 0 Å². The maximum atomic E-state index is 12.6. The second-order valence-corrected chi connectivity index (χ2v) is 3.58. The third-order valence-electron chi connectivity index (χ3n) is 1.75. The number of rotatable bonds is 0. The molecule has 0 radical (unpaired) electrons. The van der Waals surface area contributed by atoms with Gasteiger partial charge >= 0.3 is 6.09 Å². The fourth-order valence-electron chi connectivity index (χ4n) is 1.14. The van der Waals surface area contributed by atoms with Gasteiger partial charge in [0.05, 0.1) is 5.35 Å². The van der Waals surface area contributed by atoms with Crippen LogP contribution in [0.4, 0.5) is 9.18 Å². The molecule has 0 saturated carbocycles. The number of amides is 1. The van der Waals surface area contributed by atoms with Crippen LogP contribution in [0.2, 0.25) is 0 Å². The molecule has 76 valence electrons. The number of carbonyl (C=O) groups is 1.